The third-order valence-corrected chi connectivity index (χ3v) is 4.22. The van der Waals surface area contributed by atoms with Gasteiger partial charge in [-0.05, 0) is 52.3 Å². The van der Waals surface area contributed by atoms with Gasteiger partial charge in [0.05, 0.1) is 5.56 Å². The largest absolute Gasteiger partial charge is 0.326 e. The number of halogens is 1. The summed E-state index contributed by atoms with van der Waals surface area (Å²) in [6, 6.07) is 15.4. The number of rotatable bonds is 3. The summed E-state index contributed by atoms with van der Waals surface area (Å²) in [6.07, 6.45) is 0. The molecule has 5 heteroatoms. The number of benzene rings is 2. The lowest BCUT2D eigenvalue weighted by Gasteiger charge is -2.07. The van der Waals surface area contributed by atoms with Crippen LogP contribution in [-0.2, 0) is 4.79 Å². The summed E-state index contributed by atoms with van der Waals surface area (Å²) in [5.41, 5.74) is 1.39. The number of hydrogen-bond donors (Lipinski definition) is 1. The zero-order chi connectivity index (χ0) is 14.5. The molecule has 1 N–H and O–H groups in total. The summed E-state index contributed by atoms with van der Waals surface area (Å²) in [7, 11) is 0. The molecule has 3 nitrogen and oxygen atoms in total. The fourth-order valence-corrected chi connectivity index (χ4v) is 3.15. The Morgan fingerprint density at radius 3 is 2.55 bits per heavy atom. The van der Waals surface area contributed by atoms with Crippen molar-refractivity contribution in [2.45, 2.75) is 16.7 Å². The molecule has 0 bridgehead atoms. The van der Waals surface area contributed by atoms with Crippen LogP contribution in [0.5, 0.6) is 0 Å². The first-order chi connectivity index (χ1) is 9.60. The van der Waals surface area contributed by atoms with E-state index in [1.807, 2.05) is 42.5 Å². The van der Waals surface area contributed by atoms with Gasteiger partial charge in [-0.3, -0.25) is 4.79 Å². The van der Waals surface area contributed by atoms with Gasteiger partial charge in [0.1, 0.15) is 6.07 Å². The Balaban J connectivity index is 2.21. The molecule has 0 unspecified atom stereocenters. The van der Waals surface area contributed by atoms with Crippen molar-refractivity contribution < 1.29 is 4.79 Å². The molecule has 2 aromatic carbocycles. The van der Waals surface area contributed by atoms with Crippen LogP contribution in [-0.4, -0.2) is 5.91 Å². The summed E-state index contributed by atoms with van der Waals surface area (Å²) >= 11 is 4.89. The van der Waals surface area contributed by atoms with E-state index >= 15 is 0 Å². The fraction of sp³-hybridized carbons (Fsp3) is 0.0667. The second-order valence-corrected chi connectivity index (χ2v) is 6.00. The predicted octanol–water partition coefficient (Wildman–Crippen LogP) is 4.43. The van der Waals surface area contributed by atoms with Gasteiger partial charge < -0.3 is 5.32 Å². The Labute approximate surface area is 130 Å². The molecule has 0 spiro atoms. The van der Waals surface area contributed by atoms with Gasteiger partial charge in [-0.15, -0.1) is 0 Å². The van der Waals surface area contributed by atoms with Crippen LogP contribution in [0.4, 0.5) is 5.69 Å². The number of nitrogens with zero attached hydrogens (tertiary/aromatic N) is 1. The smallest absolute Gasteiger partial charge is 0.221 e. The van der Waals surface area contributed by atoms with Gasteiger partial charge in [0.2, 0.25) is 5.91 Å². The van der Waals surface area contributed by atoms with Crippen molar-refractivity contribution >= 4 is 39.3 Å². The molecule has 100 valence electrons. The molecule has 0 aliphatic rings. The third-order valence-electron chi connectivity index (χ3n) is 2.49. The number of carbonyl (C=O) groups is 1. The van der Waals surface area contributed by atoms with E-state index in [0.29, 0.717) is 5.56 Å². The van der Waals surface area contributed by atoms with Crippen LogP contribution in [0.1, 0.15) is 12.5 Å². The van der Waals surface area contributed by atoms with Gasteiger partial charge in [0.25, 0.3) is 0 Å². The molecule has 0 aliphatic heterocycles. The van der Waals surface area contributed by atoms with Crippen molar-refractivity contribution in [1.29, 1.82) is 5.26 Å². The standard InChI is InChI=1S/C15H11BrN2OS/c1-10(19)18-11-5-7-12(8-6-11)20-15-4-2-3-14(16)13(15)9-17/h2-8H,1H3,(H,18,19). The van der Waals surface area contributed by atoms with Crippen molar-refractivity contribution in [3.63, 3.8) is 0 Å². The van der Waals surface area contributed by atoms with Crippen LogP contribution in [0.15, 0.2) is 56.7 Å². The van der Waals surface area contributed by atoms with E-state index in [2.05, 4.69) is 27.3 Å². The Morgan fingerprint density at radius 2 is 1.95 bits per heavy atom. The molecule has 2 aromatic rings. The molecule has 0 aliphatic carbocycles. The molecule has 2 rings (SSSR count). The van der Waals surface area contributed by atoms with Crippen LogP contribution in [0, 0.1) is 11.3 Å². The van der Waals surface area contributed by atoms with Crippen LogP contribution >= 0.6 is 27.7 Å². The molecule has 0 saturated heterocycles. The van der Waals surface area contributed by atoms with Gasteiger partial charge in [-0.25, -0.2) is 0 Å². The maximum absolute atomic E-state index is 11.0. The Morgan fingerprint density at radius 1 is 1.25 bits per heavy atom. The Bertz CT molecular complexity index is 677. The monoisotopic (exact) mass is 346 g/mol. The van der Waals surface area contributed by atoms with E-state index in [-0.39, 0.29) is 5.91 Å². The van der Waals surface area contributed by atoms with Gasteiger partial charge >= 0.3 is 0 Å². The Hall–Kier alpha value is -1.77. The highest BCUT2D eigenvalue weighted by Gasteiger charge is 2.07. The lowest BCUT2D eigenvalue weighted by atomic mass is 10.2. The van der Waals surface area contributed by atoms with Crippen molar-refractivity contribution in [3.05, 3.63) is 52.5 Å². The maximum Gasteiger partial charge on any atom is 0.221 e. The highest BCUT2D eigenvalue weighted by atomic mass is 79.9. The minimum atomic E-state index is -0.0934. The van der Waals surface area contributed by atoms with E-state index in [4.69, 9.17) is 0 Å². The van der Waals surface area contributed by atoms with Gasteiger partial charge in [0, 0.05) is 26.9 Å². The van der Waals surface area contributed by atoms with Crippen LogP contribution in [0.3, 0.4) is 0 Å². The van der Waals surface area contributed by atoms with Crippen molar-refractivity contribution in [3.8, 4) is 6.07 Å². The normalized spacial score (nSPS) is 9.85. The molecule has 0 aromatic heterocycles. The van der Waals surface area contributed by atoms with E-state index < -0.39 is 0 Å². The second-order valence-electron chi connectivity index (χ2n) is 4.03. The van der Waals surface area contributed by atoms with E-state index in [1.54, 1.807) is 0 Å². The topological polar surface area (TPSA) is 52.9 Å². The van der Waals surface area contributed by atoms with Crippen LogP contribution in [0.2, 0.25) is 0 Å². The maximum atomic E-state index is 11.0. The molecular formula is C15H11BrN2OS. The average molecular weight is 347 g/mol. The third kappa shape index (κ3) is 3.62. The minimum absolute atomic E-state index is 0.0934. The molecule has 20 heavy (non-hydrogen) atoms. The molecule has 0 atom stereocenters. The first-order valence-corrected chi connectivity index (χ1v) is 7.45. The highest BCUT2D eigenvalue weighted by Crippen LogP contribution is 2.33. The Kier molecular flexibility index (Phi) is 4.83. The lowest BCUT2D eigenvalue weighted by molar-refractivity contribution is -0.114. The quantitative estimate of drug-likeness (QED) is 0.894. The number of anilines is 1. The van der Waals surface area contributed by atoms with Gasteiger partial charge in [0.15, 0.2) is 0 Å². The molecule has 0 saturated carbocycles. The molecule has 1 amide bonds. The number of hydrogen-bond acceptors (Lipinski definition) is 3. The highest BCUT2D eigenvalue weighted by molar-refractivity contribution is 9.10. The molecule has 0 heterocycles. The number of nitriles is 1. The summed E-state index contributed by atoms with van der Waals surface area (Å²) < 4.78 is 0.792. The predicted molar refractivity (Wildman–Crippen MR) is 83.7 cm³/mol. The molecular weight excluding hydrogens is 336 g/mol. The van der Waals surface area contributed by atoms with Crippen LogP contribution < -0.4 is 5.32 Å². The van der Waals surface area contributed by atoms with Gasteiger partial charge in [-0.1, -0.05) is 17.8 Å². The van der Waals surface area contributed by atoms with Crippen molar-refractivity contribution in [2.24, 2.45) is 0 Å². The SMILES string of the molecule is CC(=O)Nc1ccc(Sc2cccc(Br)c2C#N)cc1. The van der Waals surface area contributed by atoms with E-state index in [9.17, 15) is 10.1 Å². The molecule has 0 radical (unpaired) electrons. The first-order valence-electron chi connectivity index (χ1n) is 5.84. The molecule has 0 fully saturated rings. The number of nitrogens with one attached hydrogen (secondary N) is 1. The number of amides is 1. The summed E-state index contributed by atoms with van der Waals surface area (Å²) in [4.78, 5) is 12.9. The van der Waals surface area contributed by atoms with Crippen molar-refractivity contribution in [1.82, 2.24) is 0 Å². The van der Waals surface area contributed by atoms with Crippen molar-refractivity contribution in [2.75, 3.05) is 5.32 Å². The lowest BCUT2D eigenvalue weighted by Crippen LogP contribution is -2.05. The zero-order valence-corrected chi connectivity index (χ0v) is 13.1. The number of carbonyl (C=O) groups excluding carboxylic acids is 1. The minimum Gasteiger partial charge on any atom is -0.326 e. The average Bonchev–Trinajstić information content (AvgIpc) is 2.41. The summed E-state index contributed by atoms with van der Waals surface area (Å²) in [5, 5.41) is 11.9. The van der Waals surface area contributed by atoms with E-state index in [0.717, 1.165) is 20.0 Å². The summed E-state index contributed by atoms with van der Waals surface area (Å²) in [6.45, 7) is 1.48. The van der Waals surface area contributed by atoms with E-state index in [1.165, 1.54) is 18.7 Å². The van der Waals surface area contributed by atoms with Crippen LogP contribution in [0.25, 0.3) is 0 Å². The summed E-state index contributed by atoms with van der Waals surface area (Å²) in [5.74, 6) is -0.0934. The second kappa shape index (κ2) is 6.60. The van der Waals surface area contributed by atoms with Gasteiger partial charge in [-0.2, -0.15) is 5.26 Å². The zero-order valence-electron chi connectivity index (χ0n) is 10.7. The first kappa shape index (κ1) is 14.6. The fourth-order valence-electron chi connectivity index (χ4n) is 1.63.